The van der Waals surface area contributed by atoms with Crippen molar-refractivity contribution in [1.29, 1.82) is 0 Å². The summed E-state index contributed by atoms with van der Waals surface area (Å²) in [5.74, 6) is -0.905. The van der Waals surface area contributed by atoms with E-state index in [0.29, 0.717) is 12.0 Å². The Hall–Kier alpha value is -1.98. The molecular weight excluding hydrogens is 374 g/mol. The molecule has 3 nitrogen and oxygen atoms in total. The first-order valence-corrected chi connectivity index (χ1v) is 8.73. The van der Waals surface area contributed by atoms with E-state index < -0.39 is 5.97 Å². The van der Waals surface area contributed by atoms with Gasteiger partial charge in [-0.2, -0.15) is 0 Å². The highest BCUT2D eigenvalue weighted by atomic mass is 79.9. The SMILES string of the molecule is Cc1cc(Br)cc(-c2csc(Cc3ccc(C(=O)O)cc3)n2)c1. The van der Waals surface area contributed by atoms with E-state index in [-0.39, 0.29) is 0 Å². The molecule has 3 aromatic rings. The van der Waals surface area contributed by atoms with Crippen LogP contribution in [-0.4, -0.2) is 16.1 Å². The first kappa shape index (κ1) is 15.9. The van der Waals surface area contributed by atoms with Crippen LogP contribution in [0.1, 0.15) is 26.5 Å². The fourth-order valence-electron chi connectivity index (χ4n) is 2.35. The highest BCUT2D eigenvalue weighted by Gasteiger charge is 2.08. The Morgan fingerprint density at radius 1 is 1.22 bits per heavy atom. The molecule has 0 saturated heterocycles. The van der Waals surface area contributed by atoms with Gasteiger partial charge in [0, 0.05) is 21.8 Å². The maximum Gasteiger partial charge on any atom is 0.335 e. The Morgan fingerprint density at radius 3 is 2.61 bits per heavy atom. The van der Waals surface area contributed by atoms with Gasteiger partial charge in [0.25, 0.3) is 0 Å². The van der Waals surface area contributed by atoms with Crippen molar-refractivity contribution in [2.75, 3.05) is 0 Å². The molecule has 0 unspecified atom stereocenters. The molecule has 0 aliphatic carbocycles. The standard InChI is InChI=1S/C18H14BrNO2S/c1-11-6-14(9-15(19)7-11)16-10-23-17(20-16)8-12-2-4-13(5-3-12)18(21)22/h2-7,9-10H,8H2,1H3,(H,21,22). The molecular formula is C18H14BrNO2S. The maximum atomic E-state index is 10.9. The fourth-order valence-corrected chi connectivity index (χ4v) is 3.79. The van der Waals surface area contributed by atoms with E-state index in [0.717, 1.165) is 26.3 Å². The van der Waals surface area contributed by atoms with E-state index in [2.05, 4.69) is 46.4 Å². The quantitative estimate of drug-likeness (QED) is 0.671. The first-order valence-electron chi connectivity index (χ1n) is 7.05. The number of carbonyl (C=O) groups is 1. The Morgan fingerprint density at radius 2 is 1.96 bits per heavy atom. The number of rotatable bonds is 4. The van der Waals surface area contributed by atoms with Gasteiger partial charge in [0.05, 0.1) is 16.3 Å². The molecule has 2 aromatic carbocycles. The lowest BCUT2D eigenvalue weighted by atomic mass is 10.1. The second-order valence-corrected chi connectivity index (χ2v) is 7.18. The van der Waals surface area contributed by atoms with Gasteiger partial charge in [-0.3, -0.25) is 0 Å². The lowest BCUT2D eigenvalue weighted by molar-refractivity contribution is 0.0697. The summed E-state index contributed by atoms with van der Waals surface area (Å²) in [4.78, 5) is 15.6. The van der Waals surface area contributed by atoms with Crippen LogP contribution in [0.25, 0.3) is 11.3 Å². The summed E-state index contributed by atoms with van der Waals surface area (Å²) in [6.07, 6.45) is 0.706. The molecule has 0 fully saturated rings. The number of thiazole rings is 1. The first-order chi connectivity index (χ1) is 11.0. The number of aromatic nitrogens is 1. The summed E-state index contributed by atoms with van der Waals surface area (Å²) < 4.78 is 1.05. The normalized spacial score (nSPS) is 10.7. The monoisotopic (exact) mass is 387 g/mol. The van der Waals surface area contributed by atoms with Crippen LogP contribution in [0.5, 0.6) is 0 Å². The zero-order chi connectivity index (χ0) is 16.4. The predicted molar refractivity (Wildman–Crippen MR) is 96.2 cm³/mol. The molecule has 0 spiro atoms. The zero-order valence-corrected chi connectivity index (χ0v) is 14.8. The third-order valence-corrected chi connectivity index (χ3v) is 4.75. The largest absolute Gasteiger partial charge is 0.478 e. The number of aromatic carboxylic acids is 1. The predicted octanol–water partition coefficient (Wildman–Crippen LogP) is 5.17. The van der Waals surface area contributed by atoms with E-state index in [1.165, 1.54) is 5.56 Å². The molecule has 0 aliphatic rings. The molecule has 3 rings (SSSR count). The van der Waals surface area contributed by atoms with Gasteiger partial charge >= 0.3 is 5.97 Å². The Kier molecular flexibility index (Phi) is 4.59. The molecule has 0 bridgehead atoms. The van der Waals surface area contributed by atoms with Crippen molar-refractivity contribution in [1.82, 2.24) is 4.98 Å². The lowest BCUT2D eigenvalue weighted by Gasteiger charge is -2.01. The van der Waals surface area contributed by atoms with Crippen LogP contribution in [0.4, 0.5) is 0 Å². The Balaban J connectivity index is 1.80. The van der Waals surface area contributed by atoms with Gasteiger partial charge in [0.15, 0.2) is 0 Å². The smallest absolute Gasteiger partial charge is 0.335 e. The Labute approximate surface area is 146 Å². The van der Waals surface area contributed by atoms with E-state index in [9.17, 15) is 4.79 Å². The summed E-state index contributed by atoms with van der Waals surface area (Å²) >= 11 is 5.14. The summed E-state index contributed by atoms with van der Waals surface area (Å²) in [7, 11) is 0. The third kappa shape index (κ3) is 3.86. The van der Waals surface area contributed by atoms with Crippen LogP contribution >= 0.6 is 27.3 Å². The van der Waals surface area contributed by atoms with E-state index >= 15 is 0 Å². The van der Waals surface area contributed by atoms with Crippen molar-refractivity contribution in [2.45, 2.75) is 13.3 Å². The minimum absolute atomic E-state index is 0.304. The summed E-state index contributed by atoms with van der Waals surface area (Å²) in [5, 5.41) is 12.0. The van der Waals surface area contributed by atoms with Crippen molar-refractivity contribution in [3.63, 3.8) is 0 Å². The van der Waals surface area contributed by atoms with Crippen molar-refractivity contribution >= 4 is 33.2 Å². The molecule has 0 saturated carbocycles. The van der Waals surface area contributed by atoms with Crippen molar-refractivity contribution in [3.8, 4) is 11.3 Å². The topological polar surface area (TPSA) is 50.2 Å². The molecule has 0 aliphatic heterocycles. The number of halogens is 1. The van der Waals surface area contributed by atoms with E-state index in [4.69, 9.17) is 10.1 Å². The van der Waals surface area contributed by atoms with Crippen molar-refractivity contribution in [3.05, 3.63) is 74.0 Å². The molecule has 1 aromatic heterocycles. The molecule has 23 heavy (non-hydrogen) atoms. The highest BCUT2D eigenvalue weighted by Crippen LogP contribution is 2.27. The lowest BCUT2D eigenvalue weighted by Crippen LogP contribution is -1.96. The number of nitrogens with zero attached hydrogens (tertiary/aromatic N) is 1. The van der Waals surface area contributed by atoms with E-state index in [1.807, 2.05) is 12.1 Å². The number of hydrogen-bond acceptors (Lipinski definition) is 3. The van der Waals surface area contributed by atoms with Gasteiger partial charge in [0.2, 0.25) is 0 Å². The van der Waals surface area contributed by atoms with Crippen LogP contribution in [-0.2, 0) is 6.42 Å². The maximum absolute atomic E-state index is 10.9. The summed E-state index contributed by atoms with van der Waals surface area (Å²) in [6.45, 7) is 2.06. The number of aryl methyl sites for hydroxylation is 1. The Bertz CT molecular complexity index is 835. The molecule has 0 radical (unpaired) electrons. The van der Waals surface area contributed by atoms with Gasteiger partial charge in [-0.25, -0.2) is 9.78 Å². The van der Waals surface area contributed by atoms with Crippen LogP contribution in [0.2, 0.25) is 0 Å². The molecule has 116 valence electrons. The van der Waals surface area contributed by atoms with Gasteiger partial charge in [-0.05, 0) is 48.4 Å². The fraction of sp³-hybridized carbons (Fsp3) is 0.111. The molecule has 1 N–H and O–H groups in total. The van der Waals surface area contributed by atoms with Crippen LogP contribution in [0.15, 0.2) is 52.3 Å². The minimum Gasteiger partial charge on any atom is -0.478 e. The van der Waals surface area contributed by atoms with Gasteiger partial charge in [-0.1, -0.05) is 28.1 Å². The second kappa shape index (κ2) is 6.64. The van der Waals surface area contributed by atoms with Crippen LogP contribution in [0, 0.1) is 6.92 Å². The average molecular weight is 388 g/mol. The van der Waals surface area contributed by atoms with Gasteiger partial charge < -0.3 is 5.11 Å². The van der Waals surface area contributed by atoms with Crippen LogP contribution in [0.3, 0.4) is 0 Å². The number of benzene rings is 2. The molecule has 5 heteroatoms. The summed E-state index contributed by atoms with van der Waals surface area (Å²) in [5.41, 5.74) is 4.62. The second-order valence-electron chi connectivity index (χ2n) is 5.32. The third-order valence-electron chi connectivity index (χ3n) is 3.45. The molecule has 0 amide bonds. The summed E-state index contributed by atoms with van der Waals surface area (Å²) in [6, 6.07) is 13.2. The van der Waals surface area contributed by atoms with Gasteiger partial charge in [-0.15, -0.1) is 11.3 Å². The average Bonchev–Trinajstić information content (AvgIpc) is 2.95. The van der Waals surface area contributed by atoms with Crippen molar-refractivity contribution < 1.29 is 9.90 Å². The van der Waals surface area contributed by atoms with E-state index in [1.54, 1.807) is 23.5 Å². The number of carboxylic acid groups (broad SMARTS) is 1. The molecule has 0 atom stereocenters. The van der Waals surface area contributed by atoms with Crippen molar-refractivity contribution in [2.24, 2.45) is 0 Å². The molecule has 1 heterocycles. The minimum atomic E-state index is -0.905. The highest BCUT2D eigenvalue weighted by molar-refractivity contribution is 9.10. The van der Waals surface area contributed by atoms with Crippen LogP contribution < -0.4 is 0 Å². The van der Waals surface area contributed by atoms with Gasteiger partial charge in [0.1, 0.15) is 0 Å². The number of carboxylic acids is 1. The number of hydrogen-bond donors (Lipinski definition) is 1. The zero-order valence-electron chi connectivity index (χ0n) is 12.4.